The maximum atomic E-state index is 11.2. The monoisotopic (exact) mass is 198 g/mol. The third kappa shape index (κ3) is 2.22. The largest absolute Gasteiger partial charge is 0.465 e. The van der Waals surface area contributed by atoms with E-state index in [2.05, 4.69) is 4.74 Å². The van der Waals surface area contributed by atoms with Gasteiger partial charge in [-0.05, 0) is 30.2 Å². The van der Waals surface area contributed by atoms with Gasteiger partial charge in [0.2, 0.25) is 0 Å². The topological polar surface area (TPSA) is 26.3 Å². The average molecular weight is 199 g/mol. The number of ether oxygens (including phenoxy) is 1. The van der Waals surface area contributed by atoms with Crippen molar-refractivity contribution in [1.82, 2.24) is 0 Å². The summed E-state index contributed by atoms with van der Waals surface area (Å²) in [7, 11) is 1.37. The number of hydrogen-bond acceptors (Lipinski definition) is 2. The lowest BCUT2D eigenvalue weighted by atomic mass is 10.1. The molecule has 1 rings (SSSR count). The van der Waals surface area contributed by atoms with Crippen LogP contribution in [0.1, 0.15) is 22.8 Å². The molecule has 0 saturated heterocycles. The van der Waals surface area contributed by atoms with Crippen LogP contribution < -0.4 is 0 Å². The lowest BCUT2D eigenvalue weighted by Crippen LogP contribution is -2.04. The second kappa shape index (κ2) is 4.28. The minimum atomic E-state index is -0.312. The summed E-state index contributed by atoms with van der Waals surface area (Å²) in [4.78, 5) is 11.2. The molecule has 3 heteroatoms. The molecule has 0 radical (unpaired) electrons. The highest BCUT2D eigenvalue weighted by Crippen LogP contribution is 2.17. The third-order valence-electron chi connectivity index (χ3n) is 1.85. The Labute approximate surface area is 82.5 Å². The summed E-state index contributed by atoms with van der Waals surface area (Å²) in [6.07, 6.45) is 0.769. The first-order chi connectivity index (χ1) is 6.19. The zero-order valence-electron chi connectivity index (χ0n) is 7.63. The van der Waals surface area contributed by atoms with Gasteiger partial charge in [0.15, 0.2) is 0 Å². The second-order valence-corrected chi connectivity index (χ2v) is 3.08. The van der Waals surface area contributed by atoms with Crippen LogP contribution in [0.3, 0.4) is 0 Å². The van der Waals surface area contributed by atoms with E-state index in [9.17, 15) is 4.79 Å². The Bertz CT molecular complexity index is 321. The maximum Gasteiger partial charge on any atom is 0.338 e. The smallest absolute Gasteiger partial charge is 0.338 e. The SMILES string of the molecule is CCc1cc(Cl)ccc1C(=O)OC. The van der Waals surface area contributed by atoms with Crippen molar-refractivity contribution >= 4 is 17.6 Å². The molecule has 0 saturated carbocycles. The number of halogens is 1. The van der Waals surface area contributed by atoms with Crippen molar-refractivity contribution in [2.45, 2.75) is 13.3 Å². The number of carbonyl (C=O) groups is 1. The van der Waals surface area contributed by atoms with Crippen molar-refractivity contribution in [3.63, 3.8) is 0 Å². The van der Waals surface area contributed by atoms with Crippen LogP contribution in [-0.2, 0) is 11.2 Å². The molecule has 13 heavy (non-hydrogen) atoms. The summed E-state index contributed by atoms with van der Waals surface area (Å²) in [5.74, 6) is -0.312. The lowest BCUT2D eigenvalue weighted by Gasteiger charge is -2.05. The fourth-order valence-corrected chi connectivity index (χ4v) is 1.36. The molecular formula is C10H11ClO2. The van der Waals surface area contributed by atoms with Gasteiger partial charge in [-0.15, -0.1) is 0 Å². The van der Waals surface area contributed by atoms with Crippen molar-refractivity contribution in [3.8, 4) is 0 Å². The Morgan fingerprint density at radius 2 is 2.23 bits per heavy atom. The fraction of sp³-hybridized carbons (Fsp3) is 0.300. The number of rotatable bonds is 2. The van der Waals surface area contributed by atoms with Gasteiger partial charge in [-0.2, -0.15) is 0 Å². The van der Waals surface area contributed by atoms with Crippen molar-refractivity contribution in [3.05, 3.63) is 34.3 Å². The van der Waals surface area contributed by atoms with Crippen LogP contribution in [0.2, 0.25) is 5.02 Å². The van der Waals surface area contributed by atoms with E-state index in [-0.39, 0.29) is 5.97 Å². The van der Waals surface area contributed by atoms with Crippen LogP contribution >= 0.6 is 11.6 Å². The molecule has 0 spiro atoms. The molecule has 0 aliphatic carbocycles. The normalized spacial score (nSPS) is 9.77. The minimum absolute atomic E-state index is 0.312. The molecule has 0 bridgehead atoms. The molecule has 0 aromatic heterocycles. The second-order valence-electron chi connectivity index (χ2n) is 2.65. The van der Waals surface area contributed by atoms with E-state index in [1.807, 2.05) is 6.92 Å². The molecule has 0 heterocycles. The highest BCUT2D eigenvalue weighted by molar-refractivity contribution is 6.30. The van der Waals surface area contributed by atoms with Crippen molar-refractivity contribution in [1.29, 1.82) is 0 Å². The lowest BCUT2D eigenvalue weighted by molar-refractivity contribution is 0.0599. The van der Waals surface area contributed by atoms with E-state index in [0.29, 0.717) is 10.6 Å². The standard InChI is InChI=1S/C10H11ClO2/c1-3-7-6-8(11)4-5-9(7)10(12)13-2/h4-6H,3H2,1-2H3. The van der Waals surface area contributed by atoms with E-state index in [0.717, 1.165) is 12.0 Å². The molecule has 0 aliphatic heterocycles. The fourth-order valence-electron chi connectivity index (χ4n) is 1.16. The molecule has 0 amide bonds. The summed E-state index contributed by atoms with van der Waals surface area (Å²) < 4.78 is 4.64. The highest BCUT2D eigenvalue weighted by atomic mass is 35.5. The van der Waals surface area contributed by atoms with Gasteiger partial charge in [-0.25, -0.2) is 4.79 Å². The Morgan fingerprint density at radius 3 is 2.77 bits per heavy atom. The van der Waals surface area contributed by atoms with E-state index in [1.54, 1.807) is 18.2 Å². The molecule has 1 aromatic carbocycles. The van der Waals surface area contributed by atoms with Gasteiger partial charge in [0.05, 0.1) is 12.7 Å². The Kier molecular flexibility index (Phi) is 3.32. The molecule has 0 fully saturated rings. The van der Waals surface area contributed by atoms with Crippen LogP contribution in [0.4, 0.5) is 0 Å². The van der Waals surface area contributed by atoms with Crippen LogP contribution in [0.5, 0.6) is 0 Å². The highest BCUT2D eigenvalue weighted by Gasteiger charge is 2.09. The molecule has 0 N–H and O–H groups in total. The van der Waals surface area contributed by atoms with E-state index in [1.165, 1.54) is 7.11 Å². The number of methoxy groups -OCH3 is 1. The minimum Gasteiger partial charge on any atom is -0.465 e. The average Bonchev–Trinajstić information content (AvgIpc) is 2.16. The number of esters is 1. The van der Waals surface area contributed by atoms with Crippen LogP contribution in [0.15, 0.2) is 18.2 Å². The molecular weight excluding hydrogens is 188 g/mol. The van der Waals surface area contributed by atoms with Crippen LogP contribution in [0.25, 0.3) is 0 Å². The summed E-state index contributed by atoms with van der Waals surface area (Å²) >= 11 is 5.79. The zero-order valence-corrected chi connectivity index (χ0v) is 8.39. The van der Waals surface area contributed by atoms with E-state index >= 15 is 0 Å². The molecule has 0 atom stereocenters. The molecule has 70 valence electrons. The van der Waals surface area contributed by atoms with Gasteiger partial charge in [0, 0.05) is 5.02 Å². The zero-order chi connectivity index (χ0) is 9.84. The van der Waals surface area contributed by atoms with Gasteiger partial charge in [-0.1, -0.05) is 18.5 Å². The van der Waals surface area contributed by atoms with Crippen molar-refractivity contribution in [2.75, 3.05) is 7.11 Å². The molecule has 0 unspecified atom stereocenters. The van der Waals surface area contributed by atoms with Gasteiger partial charge in [0.1, 0.15) is 0 Å². The number of carbonyl (C=O) groups excluding carboxylic acids is 1. The van der Waals surface area contributed by atoms with Gasteiger partial charge in [-0.3, -0.25) is 0 Å². The first-order valence-corrected chi connectivity index (χ1v) is 4.43. The predicted molar refractivity (Wildman–Crippen MR) is 52.2 cm³/mol. The Balaban J connectivity index is 3.13. The Morgan fingerprint density at radius 1 is 1.54 bits per heavy atom. The van der Waals surface area contributed by atoms with Gasteiger partial charge < -0.3 is 4.74 Å². The summed E-state index contributed by atoms with van der Waals surface area (Å²) in [5.41, 5.74) is 1.51. The third-order valence-corrected chi connectivity index (χ3v) is 2.09. The first kappa shape index (κ1) is 10.1. The molecule has 2 nitrogen and oxygen atoms in total. The van der Waals surface area contributed by atoms with Crippen molar-refractivity contribution in [2.24, 2.45) is 0 Å². The first-order valence-electron chi connectivity index (χ1n) is 4.05. The van der Waals surface area contributed by atoms with Gasteiger partial charge >= 0.3 is 5.97 Å². The maximum absolute atomic E-state index is 11.2. The van der Waals surface area contributed by atoms with E-state index in [4.69, 9.17) is 11.6 Å². The summed E-state index contributed by atoms with van der Waals surface area (Å²) in [6.45, 7) is 1.97. The van der Waals surface area contributed by atoms with Crippen LogP contribution in [-0.4, -0.2) is 13.1 Å². The molecule has 1 aromatic rings. The predicted octanol–water partition coefficient (Wildman–Crippen LogP) is 2.69. The number of benzene rings is 1. The van der Waals surface area contributed by atoms with Crippen LogP contribution in [0, 0.1) is 0 Å². The summed E-state index contributed by atoms with van der Waals surface area (Å²) in [5, 5.41) is 0.643. The van der Waals surface area contributed by atoms with Crippen molar-refractivity contribution < 1.29 is 9.53 Å². The van der Waals surface area contributed by atoms with E-state index < -0.39 is 0 Å². The Hall–Kier alpha value is -1.02. The van der Waals surface area contributed by atoms with Gasteiger partial charge in [0.25, 0.3) is 0 Å². The number of hydrogen-bond donors (Lipinski definition) is 0. The molecule has 0 aliphatic rings. The quantitative estimate of drug-likeness (QED) is 0.683. The number of aryl methyl sites for hydroxylation is 1. The summed E-state index contributed by atoms with van der Waals surface area (Å²) in [6, 6.07) is 5.16.